The summed E-state index contributed by atoms with van der Waals surface area (Å²) in [6.07, 6.45) is 3.04. The summed E-state index contributed by atoms with van der Waals surface area (Å²) in [5, 5.41) is 14.1. The van der Waals surface area contributed by atoms with Gasteiger partial charge in [-0.3, -0.25) is 19.0 Å². The molecule has 0 fully saturated rings. The highest BCUT2D eigenvalue weighted by Gasteiger charge is 2.22. The molecule has 2 heterocycles. The summed E-state index contributed by atoms with van der Waals surface area (Å²) in [5.41, 5.74) is 3.00. The molecular formula is C26H27BrN6O4. The quantitative estimate of drug-likeness (QED) is 0.301. The van der Waals surface area contributed by atoms with Gasteiger partial charge in [0.05, 0.1) is 41.0 Å². The number of aromatic nitrogens is 4. The van der Waals surface area contributed by atoms with Crippen LogP contribution in [0.2, 0.25) is 0 Å². The van der Waals surface area contributed by atoms with E-state index < -0.39 is 11.8 Å². The first-order valence-corrected chi connectivity index (χ1v) is 12.3. The lowest BCUT2D eigenvalue weighted by Gasteiger charge is -2.13. The topological polar surface area (TPSA) is 112 Å². The highest BCUT2D eigenvalue weighted by Crippen LogP contribution is 2.28. The number of rotatable bonds is 9. The van der Waals surface area contributed by atoms with Crippen LogP contribution in [0.15, 0.2) is 59.3 Å². The molecule has 2 aromatic heterocycles. The number of hydrogen-bond donors (Lipinski definition) is 2. The Morgan fingerprint density at radius 1 is 1.00 bits per heavy atom. The molecule has 0 atom stereocenters. The molecule has 10 nitrogen and oxygen atoms in total. The Kier molecular flexibility index (Phi) is 7.92. The second-order valence-electron chi connectivity index (χ2n) is 8.14. The number of ether oxygens (including phenoxy) is 2. The standard InChI is InChI=1S/C26H27BrN6O4/c1-5-33-24(26(35)30-20-13-28-32(3)16(20)2)21(14-29-33)31-25(34)17-10-11-22(36-4)18(12-17)15-37-23-9-7-6-8-19(23)27/h6-14H,5,15H2,1-4H3,(H,30,35)(H,31,34). The Bertz CT molecular complexity index is 1440. The summed E-state index contributed by atoms with van der Waals surface area (Å²) in [5.74, 6) is 0.468. The van der Waals surface area contributed by atoms with E-state index in [-0.39, 0.29) is 12.3 Å². The third-order valence-corrected chi connectivity index (χ3v) is 6.50. The number of halogens is 1. The van der Waals surface area contributed by atoms with Crippen molar-refractivity contribution in [1.29, 1.82) is 0 Å². The van der Waals surface area contributed by atoms with Crippen molar-refractivity contribution < 1.29 is 19.1 Å². The van der Waals surface area contributed by atoms with Gasteiger partial charge in [-0.2, -0.15) is 10.2 Å². The highest BCUT2D eigenvalue weighted by molar-refractivity contribution is 9.10. The molecule has 0 saturated carbocycles. The average Bonchev–Trinajstić information content (AvgIpc) is 3.45. The Hall–Kier alpha value is -4.12. The van der Waals surface area contributed by atoms with Gasteiger partial charge in [0.25, 0.3) is 11.8 Å². The predicted octanol–water partition coefficient (Wildman–Crippen LogP) is 4.80. The van der Waals surface area contributed by atoms with Gasteiger partial charge in [0.15, 0.2) is 0 Å². The Balaban J connectivity index is 1.55. The molecule has 192 valence electrons. The summed E-state index contributed by atoms with van der Waals surface area (Å²) in [6, 6.07) is 12.6. The van der Waals surface area contributed by atoms with Gasteiger partial charge in [0.1, 0.15) is 23.8 Å². The number of carbonyl (C=O) groups is 2. The number of methoxy groups -OCH3 is 1. The Morgan fingerprint density at radius 3 is 2.41 bits per heavy atom. The number of benzene rings is 2. The van der Waals surface area contributed by atoms with Crippen LogP contribution in [0.4, 0.5) is 11.4 Å². The lowest BCUT2D eigenvalue weighted by molar-refractivity contribution is 0.101. The van der Waals surface area contributed by atoms with E-state index in [1.165, 1.54) is 10.9 Å². The number of hydrogen-bond acceptors (Lipinski definition) is 6. The minimum Gasteiger partial charge on any atom is -0.496 e. The van der Waals surface area contributed by atoms with Crippen LogP contribution in [0, 0.1) is 6.92 Å². The summed E-state index contributed by atoms with van der Waals surface area (Å²) >= 11 is 3.47. The van der Waals surface area contributed by atoms with Crippen molar-refractivity contribution in [2.24, 2.45) is 7.05 Å². The van der Waals surface area contributed by atoms with Gasteiger partial charge >= 0.3 is 0 Å². The molecule has 11 heteroatoms. The molecule has 2 amide bonds. The van der Waals surface area contributed by atoms with Crippen LogP contribution < -0.4 is 20.1 Å². The molecule has 0 radical (unpaired) electrons. The Morgan fingerprint density at radius 2 is 1.73 bits per heavy atom. The molecule has 0 aliphatic rings. The van der Waals surface area contributed by atoms with Crippen LogP contribution in [0.5, 0.6) is 11.5 Å². The maximum Gasteiger partial charge on any atom is 0.276 e. The molecule has 0 bridgehead atoms. The van der Waals surface area contributed by atoms with Crippen molar-refractivity contribution in [2.75, 3.05) is 17.7 Å². The summed E-state index contributed by atoms with van der Waals surface area (Å²) in [6.45, 7) is 4.36. The highest BCUT2D eigenvalue weighted by atomic mass is 79.9. The SMILES string of the molecule is CCn1ncc(NC(=O)c2ccc(OC)c(COc3ccccc3Br)c2)c1C(=O)Nc1cnn(C)c1C. The van der Waals surface area contributed by atoms with Crippen LogP contribution in [-0.4, -0.2) is 38.5 Å². The number of anilines is 2. The van der Waals surface area contributed by atoms with Crippen LogP contribution in [0.25, 0.3) is 0 Å². The summed E-state index contributed by atoms with van der Waals surface area (Å²) in [4.78, 5) is 26.3. The van der Waals surface area contributed by atoms with Crippen molar-refractivity contribution in [3.63, 3.8) is 0 Å². The first-order chi connectivity index (χ1) is 17.8. The fourth-order valence-electron chi connectivity index (χ4n) is 3.70. The number of amides is 2. The summed E-state index contributed by atoms with van der Waals surface area (Å²) < 4.78 is 15.4. The zero-order chi connectivity index (χ0) is 26.5. The van der Waals surface area contributed by atoms with E-state index >= 15 is 0 Å². The third-order valence-electron chi connectivity index (χ3n) is 5.85. The van der Waals surface area contributed by atoms with Crippen molar-refractivity contribution in [3.05, 3.63) is 81.8 Å². The molecule has 0 saturated heterocycles. The molecule has 0 aliphatic heterocycles. The van der Waals surface area contributed by atoms with Gasteiger partial charge in [0.2, 0.25) is 0 Å². The van der Waals surface area contributed by atoms with Gasteiger partial charge in [-0.25, -0.2) is 0 Å². The molecule has 2 aromatic carbocycles. The monoisotopic (exact) mass is 566 g/mol. The fraction of sp³-hybridized carbons (Fsp3) is 0.231. The van der Waals surface area contributed by atoms with Crippen LogP contribution in [0.1, 0.15) is 39.0 Å². The van der Waals surface area contributed by atoms with Gasteiger partial charge in [-0.05, 0) is 60.1 Å². The normalized spacial score (nSPS) is 10.7. The van der Waals surface area contributed by atoms with Crippen LogP contribution in [-0.2, 0) is 20.2 Å². The van der Waals surface area contributed by atoms with E-state index in [1.807, 2.05) is 38.1 Å². The number of para-hydroxylation sites is 1. The van der Waals surface area contributed by atoms with E-state index in [0.29, 0.717) is 40.5 Å². The van der Waals surface area contributed by atoms with Crippen LogP contribution >= 0.6 is 15.9 Å². The van der Waals surface area contributed by atoms with E-state index in [0.717, 1.165) is 10.2 Å². The maximum absolute atomic E-state index is 13.2. The number of aryl methyl sites for hydroxylation is 2. The molecule has 2 N–H and O–H groups in total. The first-order valence-electron chi connectivity index (χ1n) is 11.5. The lowest BCUT2D eigenvalue weighted by Crippen LogP contribution is -2.21. The molecule has 4 rings (SSSR count). The van der Waals surface area contributed by atoms with Gasteiger partial charge < -0.3 is 20.1 Å². The zero-order valence-corrected chi connectivity index (χ0v) is 22.5. The number of nitrogens with one attached hydrogen (secondary N) is 2. The largest absolute Gasteiger partial charge is 0.496 e. The lowest BCUT2D eigenvalue weighted by atomic mass is 10.1. The molecular weight excluding hydrogens is 540 g/mol. The molecule has 0 aliphatic carbocycles. The third kappa shape index (κ3) is 5.67. The minimum atomic E-state index is -0.400. The second-order valence-corrected chi connectivity index (χ2v) is 9.00. The van der Waals surface area contributed by atoms with Crippen LogP contribution in [0.3, 0.4) is 0 Å². The van der Waals surface area contributed by atoms with E-state index in [1.54, 1.807) is 43.2 Å². The van der Waals surface area contributed by atoms with E-state index in [4.69, 9.17) is 9.47 Å². The Labute approximate surface area is 222 Å². The second kappa shape index (κ2) is 11.3. The van der Waals surface area contributed by atoms with E-state index in [2.05, 4.69) is 36.8 Å². The predicted molar refractivity (Wildman–Crippen MR) is 143 cm³/mol. The fourth-order valence-corrected chi connectivity index (χ4v) is 4.10. The van der Waals surface area contributed by atoms with Crippen molar-refractivity contribution >= 4 is 39.1 Å². The van der Waals surface area contributed by atoms with Crippen molar-refractivity contribution in [1.82, 2.24) is 19.6 Å². The van der Waals surface area contributed by atoms with Crippen molar-refractivity contribution in [2.45, 2.75) is 27.0 Å². The maximum atomic E-state index is 13.2. The van der Waals surface area contributed by atoms with Gasteiger partial charge in [-0.1, -0.05) is 12.1 Å². The van der Waals surface area contributed by atoms with Crippen molar-refractivity contribution in [3.8, 4) is 11.5 Å². The average molecular weight is 567 g/mol. The van der Waals surface area contributed by atoms with E-state index in [9.17, 15) is 9.59 Å². The molecule has 0 unspecified atom stereocenters. The first kappa shape index (κ1) is 26.0. The minimum absolute atomic E-state index is 0.193. The molecule has 4 aromatic rings. The van der Waals surface area contributed by atoms with Gasteiger partial charge in [-0.15, -0.1) is 0 Å². The number of nitrogens with zero attached hydrogens (tertiary/aromatic N) is 4. The van der Waals surface area contributed by atoms with Gasteiger partial charge in [0, 0.05) is 24.7 Å². The zero-order valence-electron chi connectivity index (χ0n) is 20.9. The molecule has 37 heavy (non-hydrogen) atoms. The number of carbonyl (C=O) groups excluding carboxylic acids is 2. The molecule has 0 spiro atoms. The smallest absolute Gasteiger partial charge is 0.276 e. The summed E-state index contributed by atoms with van der Waals surface area (Å²) in [7, 11) is 3.35.